The number of nitrogens with zero attached hydrogens (tertiary/aromatic N) is 1. The maximum Gasteiger partial charge on any atom is 0.223 e. The number of rotatable bonds is 2. The van der Waals surface area contributed by atoms with Gasteiger partial charge in [0.15, 0.2) is 0 Å². The number of carbonyl (C=O) groups excluding carboxylic acids is 1. The van der Waals surface area contributed by atoms with Crippen LogP contribution in [0.15, 0.2) is 30.8 Å². The zero-order chi connectivity index (χ0) is 10.7. The van der Waals surface area contributed by atoms with Crippen LogP contribution >= 0.6 is 0 Å². The van der Waals surface area contributed by atoms with Crippen LogP contribution in [0.4, 0.5) is 4.39 Å². The lowest BCUT2D eigenvalue weighted by molar-refractivity contribution is -0.124. The van der Waals surface area contributed by atoms with Gasteiger partial charge in [0, 0.05) is 25.2 Å². The van der Waals surface area contributed by atoms with Crippen molar-refractivity contribution in [3.8, 4) is 0 Å². The molecule has 0 atom stereocenters. The van der Waals surface area contributed by atoms with Gasteiger partial charge in [-0.1, -0.05) is 18.7 Å². The molecule has 1 rings (SSSR count). The summed E-state index contributed by atoms with van der Waals surface area (Å²) in [6.07, 6.45) is 0. The van der Waals surface area contributed by atoms with Crippen LogP contribution in [-0.4, -0.2) is 17.9 Å². The number of carbonyl (C=O) groups is 1. The minimum atomic E-state index is -0.370. The molecule has 0 spiro atoms. The molecule has 0 saturated carbocycles. The lowest BCUT2D eigenvalue weighted by Gasteiger charge is -2.18. The van der Waals surface area contributed by atoms with Gasteiger partial charge < -0.3 is 4.90 Å². The Kier molecular flexibility index (Phi) is 3.02. The van der Waals surface area contributed by atoms with Crippen LogP contribution in [0.3, 0.4) is 0 Å². The first-order chi connectivity index (χ1) is 6.54. The summed E-state index contributed by atoms with van der Waals surface area (Å²) in [5.41, 5.74) is 0.723. The Morgan fingerprint density at radius 1 is 1.43 bits per heavy atom. The van der Waals surface area contributed by atoms with Crippen molar-refractivity contribution in [2.24, 2.45) is 0 Å². The van der Waals surface area contributed by atoms with E-state index in [2.05, 4.69) is 6.58 Å². The molecule has 0 radical (unpaired) electrons. The summed E-state index contributed by atoms with van der Waals surface area (Å²) in [7, 11) is 1.57. The minimum absolute atomic E-state index is 0.168. The molecule has 0 unspecified atom stereocenters. The second kappa shape index (κ2) is 4.05. The molecular weight excluding hydrogens is 181 g/mol. The molecule has 2 nitrogen and oxygen atoms in total. The van der Waals surface area contributed by atoms with Crippen molar-refractivity contribution in [1.82, 2.24) is 4.90 Å². The lowest BCUT2D eigenvalue weighted by Crippen LogP contribution is -2.21. The van der Waals surface area contributed by atoms with Gasteiger partial charge >= 0.3 is 0 Å². The lowest BCUT2D eigenvalue weighted by atomic mass is 10.1. The minimum Gasteiger partial charge on any atom is -0.316 e. The Bertz CT molecular complexity index is 373. The molecule has 3 heteroatoms. The molecule has 0 aliphatic carbocycles. The molecule has 1 aromatic carbocycles. The van der Waals surface area contributed by atoms with E-state index in [0.717, 1.165) is 0 Å². The summed E-state index contributed by atoms with van der Waals surface area (Å²) < 4.78 is 13.3. The summed E-state index contributed by atoms with van der Waals surface area (Å²) in [6.45, 7) is 5.08. The average molecular weight is 193 g/mol. The van der Waals surface area contributed by atoms with Crippen molar-refractivity contribution in [3.63, 3.8) is 0 Å². The van der Waals surface area contributed by atoms with Crippen molar-refractivity contribution >= 4 is 11.6 Å². The maximum atomic E-state index is 13.3. The normalized spacial score (nSPS) is 9.64. The van der Waals surface area contributed by atoms with Crippen molar-refractivity contribution in [2.75, 3.05) is 7.05 Å². The van der Waals surface area contributed by atoms with E-state index in [0.29, 0.717) is 11.3 Å². The molecule has 0 heterocycles. The molecule has 0 aliphatic heterocycles. The van der Waals surface area contributed by atoms with E-state index in [1.165, 1.54) is 17.9 Å². The molecule has 0 N–H and O–H groups in total. The van der Waals surface area contributed by atoms with Gasteiger partial charge in [-0.3, -0.25) is 4.79 Å². The Morgan fingerprint density at radius 2 is 2.00 bits per heavy atom. The predicted molar refractivity (Wildman–Crippen MR) is 53.9 cm³/mol. The van der Waals surface area contributed by atoms with E-state index in [-0.39, 0.29) is 11.7 Å². The third-order valence-electron chi connectivity index (χ3n) is 2.06. The molecule has 0 aromatic heterocycles. The second-order valence-electron chi connectivity index (χ2n) is 3.00. The molecule has 1 aromatic rings. The highest BCUT2D eigenvalue weighted by Crippen LogP contribution is 2.18. The van der Waals surface area contributed by atoms with Gasteiger partial charge in [-0.15, -0.1) is 0 Å². The Morgan fingerprint density at radius 3 is 2.50 bits per heavy atom. The van der Waals surface area contributed by atoms with Crippen LogP contribution in [0.2, 0.25) is 0 Å². The van der Waals surface area contributed by atoms with Crippen molar-refractivity contribution < 1.29 is 9.18 Å². The average Bonchev–Trinajstić information content (AvgIpc) is 2.16. The van der Waals surface area contributed by atoms with Gasteiger partial charge in [0.05, 0.1) is 0 Å². The summed E-state index contributed by atoms with van der Waals surface area (Å²) >= 11 is 0. The fraction of sp³-hybridized carbons (Fsp3) is 0.182. The summed E-state index contributed by atoms with van der Waals surface area (Å²) in [4.78, 5) is 12.3. The van der Waals surface area contributed by atoms with Crippen LogP contribution in [-0.2, 0) is 4.79 Å². The van der Waals surface area contributed by atoms with E-state index >= 15 is 0 Å². The van der Waals surface area contributed by atoms with Gasteiger partial charge in [0.1, 0.15) is 5.82 Å². The molecular formula is C11H12FNO. The molecule has 0 bridgehead atoms. The number of halogens is 1. The molecule has 14 heavy (non-hydrogen) atoms. The zero-order valence-corrected chi connectivity index (χ0v) is 8.25. The third-order valence-corrected chi connectivity index (χ3v) is 2.06. The van der Waals surface area contributed by atoms with E-state index in [9.17, 15) is 9.18 Å². The first-order valence-corrected chi connectivity index (χ1v) is 4.22. The van der Waals surface area contributed by atoms with Crippen LogP contribution < -0.4 is 0 Å². The van der Waals surface area contributed by atoms with Crippen LogP contribution in [0, 0.1) is 5.82 Å². The first-order valence-electron chi connectivity index (χ1n) is 4.22. The molecule has 0 saturated heterocycles. The second-order valence-corrected chi connectivity index (χ2v) is 3.00. The highest BCUT2D eigenvalue weighted by atomic mass is 19.1. The predicted octanol–water partition coefficient (Wildman–Crippen LogP) is 2.27. The SMILES string of the molecule is C=C(c1ccccc1F)N(C)C(C)=O. The van der Waals surface area contributed by atoms with Gasteiger partial charge in [-0.25, -0.2) is 4.39 Å². The fourth-order valence-corrected chi connectivity index (χ4v) is 1.07. The number of hydrogen-bond donors (Lipinski definition) is 0. The molecule has 0 fully saturated rings. The zero-order valence-electron chi connectivity index (χ0n) is 8.25. The van der Waals surface area contributed by atoms with Crippen LogP contribution in [0.1, 0.15) is 12.5 Å². The Labute approximate surface area is 82.7 Å². The van der Waals surface area contributed by atoms with Gasteiger partial charge in [-0.2, -0.15) is 0 Å². The van der Waals surface area contributed by atoms with Gasteiger partial charge in [0.25, 0.3) is 0 Å². The van der Waals surface area contributed by atoms with Crippen molar-refractivity contribution in [2.45, 2.75) is 6.92 Å². The highest BCUT2D eigenvalue weighted by molar-refractivity contribution is 5.84. The summed E-state index contributed by atoms with van der Waals surface area (Å²) in [5, 5.41) is 0. The quantitative estimate of drug-likeness (QED) is 0.705. The summed E-state index contributed by atoms with van der Waals surface area (Å²) in [5.74, 6) is -0.538. The van der Waals surface area contributed by atoms with E-state index < -0.39 is 0 Å². The standard InChI is InChI=1S/C11H12FNO/c1-8(13(3)9(2)14)10-6-4-5-7-11(10)12/h4-7H,1H2,2-3H3. The number of hydrogen-bond acceptors (Lipinski definition) is 1. The van der Waals surface area contributed by atoms with Gasteiger partial charge in [-0.05, 0) is 12.1 Å². The molecule has 0 aliphatic rings. The Hall–Kier alpha value is -1.64. The smallest absolute Gasteiger partial charge is 0.223 e. The fourth-order valence-electron chi connectivity index (χ4n) is 1.07. The van der Waals surface area contributed by atoms with Crippen molar-refractivity contribution in [1.29, 1.82) is 0 Å². The number of benzene rings is 1. The van der Waals surface area contributed by atoms with E-state index in [4.69, 9.17) is 0 Å². The van der Waals surface area contributed by atoms with E-state index in [1.54, 1.807) is 25.2 Å². The van der Waals surface area contributed by atoms with Gasteiger partial charge in [0.2, 0.25) is 5.91 Å². The monoisotopic (exact) mass is 193 g/mol. The molecule has 74 valence electrons. The van der Waals surface area contributed by atoms with E-state index in [1.807, 2.05) is 0 Å². The Balaban J connectivity index is 3.01. The largest absolute Gasteiger partial charge is 0.316 e. The van der Waals surface area contributed by atoms with Crippen molar-refractivity contribution in [3.05, 3.63) is 42.2 Å². The molecule has 1 amide bonds. The summed E-state index contributed by atoms with van der Waals surface area (Å²) in [6, 6.07) is 6.24. The topological polar surface area (TPSA) is 20.3 Å². The maximum absolute atomic E-state index is 13.3. The van der Waals surface area contributed by atoms with Crippen LogP contribution in [0.25, 0.3) is 5.70 Å². The third kappa shape index (κ3) is 1.99. The highest BCUT2D eigenvalue weighted by Gasteiger charge is 2.11. The first kappa shape index (κ1) is 10.4. The van der Waals surface area contributed by atoms with Crippen LogP contribution in [0.5, 0.6) is 0 Å². The number of amides is 1.